The standard InChI is InChI=1S/C12H21N3O2S/c1-4-15(18(16,17)10-9-13)12-7-5-11(6-8-12)14(2)3/h5-8H,4,9-10,13H2,1-3H3. The Balaban J connectivity index is 3.03. The van der Waals surface area contributed by atoms with E-state index in [4.69, 9.17) is 5.73 Å². The molecule has 0 heterocycles. The summed E-state index contributed by atoms with van der Waals surface area (Å²) in [5.41, 5.74) is 7.05. The van der Waals surface area contributed by atoms with Gasteiger partial charge in [0.05, 0.1) is 11.4 Å². The van der Waals surface area contributed by atoms with Crippen molar-refractivity contribution in [2.45, 2.75) is 6.92 Å². The average Bonchev–Trinajstić information content (AvgIpc) is 2.30. The van der Waals surface area contributed by atoms with E-state index in [2.05, 4.69) is 0 Å². The molecule has 0 aliphatic heterocycles. The van der Waals surface area contributed by atoms with E-state index in [-0.39, 0.29) is 12.3 Å². The molecule has 0 fully saturated rings. The smallest absolute Gasteiger partial charge is 0.236 e. The monoisotopic (exact) mass is 271 g/mol. The van der Waals surface area contributed by atoms with Gasteiger partial charge in [-0.15, -0.1) is 0 Å². The summed E-state index contributed by atoms with van der Waals surface area (Å²) in [6, 6.07) is 7.42. The van der Waals surface area contributed by atoms with Gasteiger partial charge >= 0.3 is 0 Å². The molecule has 0 bridgehead atoms. The molecule has 1 rings (SSSR count). The number of hydrogen-bond donors (Lipinski definition) is 1. The minimum Gasteiger partial charge on any atom is -0.378 e. The summed E-state index contributed by atoms with van der Waals surface area (Å²) in [6.45, 7) is 2.35. The minimum absolute atomic E-state index is 0.0315. The summed E-state index contributed by atoms with van der Waals surface area (Å²) in [5, 5.41) is 0. The SMILES string of the molecule is CCN(c1ccc(N(C)C)cc1)S(=O)(=O)CCN. The van der Waals surface area contributed by atoms with Gasteiger partial charge in [-0.2, -0.15) is 0 Å². The lowest BCUT2D eigenvalue weighted by Crippen LogP contribution is -2.35. The molecule has 0 spiro atoms. The molecule has 18 heavy (non-hydrogen) atoms. The highest BCUT2D eigenvalue weighted by atomic mass is 32.2. The molecule has 102 valence electrons. The second-order valence-corrected chi connectivity index (χ2v) is 6.19. The van der Waals surface area contributed by atoms with Gasteiger partial charge in [0.2, 0.25) is 10.0 Å². The molecule has 0 atom stereocenters. The molecule has 0 amide bonds. The molecule has 0 aliphatic rings. The zero-order chi connectivity index (χ0) is 13.8. The lowest BCUT2D eigenvalue weighted by Gasteiger charge is -2.23. The number of hydrogen-bond acceptors (Lipinski definition) is 4. The fourth-order valence-corrected chi connectivity index (χ4v) is 3.07. The molecule has 0 aromatic heterocycles. The number of benzene rings is 1. The van der Waals surface area contributed by atoms with Gasteiger partial charge in [-0.1, -0.05) is 0 Å². The highest BCUT2D eigenvalue weighted by molar-refractivity contribution is 7.92. The highest BCUT2D eigenvalue weighted by Gasteiger charge is 2.19. The average molecular weight is 271 g/mol. The van der Waals surface area contributed by atoms with Gasteiger partial charge < -0.3 is 10.6 Å². The van der Waals surface area contributed by atoms with Crippen molar-refractivity contribution in [3.05, 3.63) is 24.3 Å². The molecule has 5 nitrogen and oxygen atoms in total. The molecule has 0 saturated heterocycles. The largest absolute Gasteiger partial charge is 0.378 e. The van der Waals surface area contributed by atoms with Crippen LogP contribution in [0.3, 0.4) is 0 Å². The van der Waals surface area contributed by atoms with Crippen molar-refractivity contribution in [3.63, 3.8) is 0 Å². The maximum atomic E-state index is 12.0. The van der Waals surface area contributed by atoms with E-state index >= 15 is 0 Å². The van der Waals surface area contributed by atoms with Crippen LogP contribution in [-0.4, -0.2) is 41.4 Å². The first-order chi connectivity index (χ1) is 8.42. The first-order valence-electron chi connectivity index (χ1n) is 5.90. The summed E-state index contributed by atoms with van der Waals surface area (Å²) in [5.74, 6) is -0.0315. The maximum absolute atomic E-state index is 12.0. The molecule has 0 saturated carbocycles. The maximum Gasteiger partial charge on any atom is 0.236 e. The second-order valence-electron chi connectivity index (χ2n) is 4.18. The molecule has 0 unspecified atom stereocenters. The molecular weight excluding hydrogens is 250 g/mol. The van der Waals surface area contributed by atoms with Crippen LogP contribution in [0.2, 0.25) is 0 Å². The normalized spacial score (nSPS) is 11.3. The summed E-state index contributed by atoms with van der Waals surface area (Å²) >= 11 is 0. The van der Waals surface area contributed by atoms with E-state index in [0.29, 0.717) is 12.2 Å². The van der Waals surface area contributed by atoms with E-state index in [1.165, 1.54) is 4.31 Å². The summed E-state index contributed by atoms with van der Waals surface area (Å²) in [6.07, 6.45) is 0. The van der Waals surface area contributed by atoms with Gasteiger partial charge in [-0.05, 0) is 31.2 Å². The van der Waals surface area contributed by atoms with Crippen molar-refractivity contribution in [1.29, 1.82) is 0 Å². The van der Waals surface area contributed by atoms with Crippen LogP contribution >= 0.6 is 0 Å². The van der Waals surface area contributed by atoms with Crippen LogP contribution in [0.4, 0.5) is 11.4 Å². The molecule has 0 radical (unpaired) electrons. The number of rotatable bonds is 6. The number of nitrogens with zero attached hydrogens (tertiary/aromatic N) is 2. The van der Waals surface area contributed by atoms with Crippen LogP contribution in [-0.2, 0) is 10.0 Å². The van der Waals surface area contributed by atoms with Crippen LogP contribution in [0.1, 0.15) is 6.92 Å². The third-order valence-electron chi connectivity index (χ3n) is 2.65. The van der Waals surface area contributed by atoms with Crippen LogP contribution in [0.25, 0.3) is 0 Å². The third kappa shape index (κ3) is 3.36. The van der Waals surface area contributed by atoms with Crippen LogP contribution in [0.15, 0.2) is 24.3 Å². The number of sulfonamides is 1. The lowest BCUT2D eigenvalue weighted by atomic mass is 10.2. The Bertz CT molecular complexity index is 469. The predicted octanol–water partition coefficient (Wildman–Crippen LogP) is 0.867. The van der Waals surface area contributed by atoms with Gasteiger partial charge in [-0.25, -0.2) is 8.42 Å². The Hall–Kier alpha value is -1.27. The second kappa shape index (κ2) is 6.06. The summed E-state index contributed by atoms with van der Waals surface area (Å²) in [4.78, 5) is 1.97. The van der Waals surface area contributed by atoms with Gasteiger partial charge in [0.25, 0.3) is 0 Å². The number of anilines is 2. The lowest BCUT2D eigenvalue weighted by molar-refractivity contribution is 0.591. The predicted molar refractivity (Wildman–Crippen MR) is 76.6 cm³/mol. The Morgan fingerprint density at radius 3 is 2.00 bits per heavy atom. The summed E-state index contributed by atoms with van der Waals surface area (Å²) in [7, 11) is 0.571. The topological polar surface area (TPSA) is 66.6 Å². The van der Waals surface area contributed by atoms with Crippen molar-refractivity contribution in [3.8, 4) is 0 Å². The van der Waals surface area contributed by atoms with Gasteiger partial charge in [0, 0.05) is 32.9 Å². The third-order valence-corrected chi connectivity index (χ3v) is 4.55. The minimum atomic E-state index is -3.31. The molecule has 0 aliphatic carbocycles. The van der Waals surface area contributed by atoms with Crippen molar-refractivity contribution in [1.82, 2.24) is 0 Å². The Labute approximate surface area is 109 Å². The van der Waals surface area contributed by atoms with E-state index in [9.17, 15) is 8.42 Å². The quantitative estimate of drug-likeness (QED) is 0.833. The molecule has 1 aromatic rings. The van der Waals surface area contributed by atoms with Crippen LogP contribution in [0, 0.1) is 0 Å². The number of nitrogens with two attached hydrogens (primary N) is 1. The van der Waals surface area contributed by atoms with Crippen molar-refractivity contribution < 1.29 is 8.42 Å². The van der Waals surface area contributed by atoms with Crippen LogP contribution in [0.5, 0.6) is 0 Å². The fraction of sp³-hybridized carbons (Fsp3) is 0.500. The molecule has 2 N–H and O–H groups in total. The molecule has 6 heteroatoms. The summed E-state index contributed by atoms with van der Waals surface area (Å²) < 4.78 is 25.4. The first-order valence-corrected chi connectivity index (χ1v) is 7.51. The zero-order valence-corrected chi connectivity index (χ0v) is 11.9. The zero-order valence-electron chi connectivity index (χ0n) is 11.1. The van der Waals surface area contributed by atoms with E-state index in [1.54, 1.807) is 0 Å². The highest BCUT2D eigenvalue weighted by Crippen LogP contribution is 2.21. The van der Waals surface area contributed by atoms with Gasteiger partial charge in [-0.3, -0.25) is 4.31 Å². The van der Waals surface area contributed by atoms with Gasteiger partial charge in [0.15, 0.2) is 0 Å². The Morgan fingerprint density at radius 1 is 1.11 bits per heavy atom. The fourth-order valence-electron chi connectivity index (χ4n) is 1.72. The Kier molecular flexibility index (Phi) is 4.98. The van der Waals surface area contributed by atoms with E-state index in [0.717, 1.165) is 5.69 Å². The first kappa shape index (κ1) is 14.8. The molecule has 1 aromatic carbocycles. The van der Waals surface area contributed by atoms with E-state index < -0.39 is 10.0 Å². The van der Waals surface area contributed by atoms with Crippen LogP contribution < -0.4 is 14.9 Å². The van der Waals surface area contributed by atoms with Crippen molar-refractivity contribution in [2.75, 3.05) is 42.1 Å². The molecular formula is C12H21N3O2S. The van der Waals surface area contributed by atoms with Gasteiger partial charge in [0.1, 0.15) is 0 Å². The Morgan fingerprint density at radius 2 is 1.61 bits per heavy atom. The van der Waals surface area contributed by atoms with E-state index in [1.807, 2.05) is 50.2 Å². The van der Waals surface area contributed by atoms with Crippen molar-refractivity contribution >= 4 is 21.4 Å². The van der Waals surface area contributed by atoms with Crippen molar-refractivity contribution in [2.24, 2.45) is 5.73 Å².